The van der Waals surface area contributed by atoms with E-state index in [0.717, 1.165) is 18.8 Å². The normalized spacial score (nSPS) is 22.4. The van der Waals surface area contributed by atoms with Gasteiger partial charge in [0.15, 0.2) is 0 Å². The van der Waals surface area contributed by atoms with E-state index in [0.29, 0.717) is 32.0 Å². The topological polar surface area (TPSA) is 46.6 Å². The van der Waals surface area contributed by atoms with Crippen LogP contribution in [0.3, 0.4) is 0 Å². The van der Waals surface area contributed by atoms with Gasteiger partial charge in [0.2, 0.25) is 5.91 Å². The Bertz CT molecular complexity index is 369. The number of rotatable bonds is 5. The molecule has 4 heteroatoms. The average molecular weight is 309 g/mol. The molecule has 1 heterocycles. The van der Waals surface area contributed by atoms with Crippen molar-refractivity contribution in [2.45, 2.75) is 65.2 Å². The Morgan fingerprint density at radius 2 is 1.73 bits per heavy atom. The minimum absolute atomic E-state index is 0.0141. The van der Waals surface area contributed by atoms with Crippen molar-refractivity contribution in [2.24, 2.45) is 17.8 Å². The van der Waals surface area contributed by atoms with Crippen LogP contribution in [0.15, 0.2) is 0 Å². The molecular formula is C18H31NO3. The van der Waals surface area contributed by atoms with Gasteiger partial charge in [-0.1, -0.05) is 39.0 Å². The summed E-state index contributed by atoms with van der Waals surface area (Å²) >= 11 is 0. The predicted octanol–water partition coefficient (Wildman–Crippen LogP) is 3.39. The number of ether oxygens (including phenoxy) is 1. The van der Waals surface area contributed by atoms with E-state index < -0.39 is 0 Å². The Kier molecular flexibility index (Phi) is 6.71. The van der Waals surface area contributed by atoms with Crippen LogP contribution >= 0.6 is 0 Å². The van der Waals surface area contributed by atoms with Crippen molar-refractivity contribution in [2.75, 3.05) is 19.7 Å². The lowest BCUT2D eigenvalue weighted by Crippen LogP contribution is -2.41. The summed E-state index contributed by atoms with van der Waals surface area (Å²) in [6, 6.07) is 0. The Morgan fingerprint density at radius 3 is 2.32 bits per heavy atom. The minimum Gasteiger partial charge on any atom is -0.466 e. The minimum atomic E-state index is -0.0924. The second-order valence-electron chi connectivity index (χ2n) is 6.99. The summed E-state index contributed by atoms with van der Waals surface area (Å²) in [5.41, 5.74) is 0. The van der Waals surface area contributed by atoms with Crippen molar-refractivity contribution in [3.05, 3.63) is 0 Å². The van der Waals surface area contributed by atoms with Crippen LogP contribution in [0, 0.1) is 17.8 Å². The Labute approximate surface area is 134 Å². The number of likely N-dealkylation sites (tertiary alicyclic amines) is 1. The lowest BCUT2D eigenvalue weighted by atomic mass is 9.79. The molecule has 126 valence electrons. The highest BCUT2D eigenvalue weighted by Gasteiger charge is 2.30. The van der Waals surface area contributed by atoms with Crippen LogP contribution in [0.5, 0.6) is 0 Å². The fourth-order valence-corrected chi connectivity index (χ4v) is 3.90. The fraction of sp³-hybridized carbons (Fsp3) is 0.889. The van der Waals surface area contributed by atoms with E-state index in [9.17, 15) is 9.59 Å². The Morgan fingerprint density at radius 1 is 1.09 bits per heavy atom. The van der Waals surface area contributed by atoms with Crippen molar-refractivity contribution in [3.63, 3.8) is 0 Å². The van der Waals surface area contributed by atoms with Crippen LogP contribution in [0.25, 0.3) is 0 Å². The molecule has 1 atom stereocenters. The van der Waals surface area contributed by atoms with Gasteiger partial charge in [0.25, 0.3) is 0 Å². The van der Waals surface area contributed by atoms with E-state index in [2.05, 4.69) is 6.92 Å². The van der Waals surface area contributed by atoms with Gasteiger partial charge in [0.1, 0.15) is 0 Å². The first-order valence-corrected chi connectivity index (χ1v) is 9.06. The van der Waals surface area contributed by atoms with E-state index >= 15 is 0 Å². The molecule has 0 aromatic carbocycles. The molecule has 1 unspecified atom stereocenters. The lowest BCUT2D eigenvalue weighted by molar-refractivity contribution is -0.151. The van der Waals surface area contributed by atoms with Crippen molar-refractivity contribution >= 4 is 11.9 Å². The number of carbonyl (C=O) groups excluding carboxylic acids is 2. The number of hydrogen-bond acceptors (Lipinski definition) is 3. The van der Waals surface area contributed by atoms with Crippen molar-refractivity contribution in [3.8, 4) is 0 Å². The third-order valence-electron chi connectivity index (χ3n) is 5.42. The van der Waals surface area contributed by atoms with Crippen LogP contribution in [0.2, 0.25) is 0 Å². The Balaban J connectivity index is 1.73. The first-order valence-electron chi connectivity index (χ1n) is 9.06. The molecular weight excluding hydrogens is 278 g/mol. The van der Waals surface area contributed by atoms with Crippen LogP contribution < -0.4 is 0 Å². The Hall–Kier alpha value is -1.06. The van der Waals surface area contributed by atoms with Crippen LogP contribution in [0.4, 0.5) is 0 Å². The number of amides is 1. The summed E-state index contributed by atoms with van der Waals surface area (Å²) in [5, 5.41) is 0. The molecule has 2 fully saturated rings. The second-order valence-corrected chi connectivity index (χ2v) is 6.99. The highest BCUT2D eigenvalue weighted by molar-refractivity contribution is 5.77. The van der Waals surface area contributed by atoms with E-state index in [4.69, 9.17) is 4.74 Å². The van der Waals surface area contributed by atoms with Gasteiger partial charge in [0, 0.05) is 19.5 Å². The highest BCUT2D eigenvalue weighted by Crippen LogP contribution is 2.32. The molecule has 1 aliphatic heterocycles. The average Bonchev–Trinajstić information content (AvgIpc) is 2.56. The van der Waals surface area contributed by atoms with Gasteiger partial charge in [-0.05, 0) is 31.6 Å². The zero-order chi connectivity index (χ0) is 15.9. The van der Waals surface area contributed by atoms with Gasteiger partial charge in [0.05, 0.1) is 12.5 Å². The molecule has 2 aliphatic rings. The SMILES string of the molecule is CCOC(=O)C1CCN(C(=O)CC(C)C2CCCCC2)CC1. The molecule has 1 saturated carbocycles. The molecule has 0 radical (unpaired) electrons. The van der Waals surface area contributed by atoms with Gasteiger partial charge >= 0.3 is 5.97 Å². The van der Waals surface area contributed by atoms with E-state index in [-0.39, 0.29) is 17.8 Å². The number of piperidine rings is 1. The maximum Gasteiger partial charge on any atom is 0.309 e. The second kappa shape index (κ2) is 8.54. The van der Waals surface area contributed by atoms with Gasteiger partial charge < -0.3 is 9.64 Å². The first-order chi connectivity index (χ1) is 10.6. The van der Waals surface area contributed by atoms with Crippen molar-refractivity contribution < 1.29 is 14.3 Å². The fourth-order valence-electron chi connectivity index (χ4n) is 3.90. The molecule has 1 saturated heterocycles. The number of carbonyl (C=O) groups is 2. The smallest absolute Gasteiger partial charge is 0.309 e. The van der Waals surface area contributed by atoms with Crippen molar-refractivity contribution in [1.82, 2.24) is 4.90 Å². The molecule has 4 nitrogen and oxygen atoms in total. The summed E-state index contributed by atoms with van der Waals surface area (Å²) in [7, 11) is 0. The molecule has 1 amide bonds. The molecule has 22 heavy (non-hydrogen) atoms. The standard InChI is InChI=1S/C18H31NO3/c1-3-22-18(21)16-9-11-19(12-10-16)17(20)13-14(2)15-7-5-4-6-8-15/h14-16H,3-13H2,1-2H3. The summed E-state index contributed by atoms with van der Waals surface area (Å²) < 4.78 is 5.08. The van der Waals surface area contributed by atoms with Crippen LogP contribution in [0.1, 0.15) is 65.2 Å². The molecule has 1 aliphatic carbocycles. The summed E-state index contributed by atoms with van der Waals surface area (Å²) in [5.74, 6) is 1.40. The number of nitrogens with zero attached hydrogens (tertiary/aromatic N) is 1. The summed E-state index contributed by atoms with van der Waals surface area (Å²) in [6.45, 7) is 5.93. The van der Waals surface area contributed by atoms with E-state index in [1.165, 1.54) is 32.1 Å². The molecule has 0 aromatic rings. The predicted molar refractivity (Wildman–Crippen MR) is 86.3 cm³/mol. The zero-order valence-electron chi connectivity index (χ0n) is 14.2. The number of hydrogen-bond donors (Lipinski definition) is 0. The van der Waals surface area contributed by atoms with Gasteiger partial charge in [-0.25, -0.2) is 0 Å². The maximum absolute atomic E-state index is 12.5. The van der Waals surface area contributed by atoms with Gasteiger partial charge in [-0.15, -0.1) is 0 Å². The third-order valence-corrected chi connectivity index (χ3v) is 5.42. The monoisotopic (exact) mass is 309 g/mol. The maximum atomic E-state index is 12.5. The zero-order valence-corrected chi connectivity index (χ0v) is 14.2. The molecule has 2 rings (SSSR count). The van der Waals surface area contributed by atoms with E-state index in [1.807, 2.05) is 11.8 Å². The first kappa shape index (κ1) is 17.3. The number of esters is 1. The third kappa shape index (κ3) is 4.72. The summed E-state index contributed by atoms with van der Waals surface area (Å²) in [4.78, 5) is 26.1. The molecule has 0 spiro atoms. The largest absolute Gasteiger partial charge is 0.466 e. The van der Waals surface area contributed by atoms with Crippen LogP contribution in [-0.4, -0.2) is 36.5 Å². The summed E-state index contributed by atoms with van der Waals surface area (Å²) in [6.07, 6.45) is 8.78. The van der Waals surface area contributed by atoms with Gasteiger partial charge in [-0.3, -0.25) is 9.59 Å². The molecule has 0 aromatic heterocycles. The van der Waals surface area contributed by atoms with Crippen molar-refractivity contribution in [1.29, 1.82) is 0 Å². The quantitative estimate of drug-likeness (QED) is 0.731. The van der Waals surface area contributed by atoms with Gasteiger partial charge in [-0.2, -0.15) is 0 Å². The molecule has 0 N–H and O–H groups in total. The van der Waals surface area contributed by atoms with E-state index in [1.54, 1.807) is 0 Å². The highest BCUT2D eigenvalue weighted by atomic mass is 16.5. The van der Waals surface area contributed by atoms with Crippen LogP contribution in [-0.2, 0) is 14.3 Å². The molecule has 0 bridgehead atoms. The lowest BCUT2D eigenvalue weighted by Gasteiger charge is -2.33.